The summed E-state index contributed by atoms with van der Waals surface area (Å²) in [6.45, 7) is 5.49. The van der Waals surface area contributed by atoms with Crippen LogP contribution in [0.1, 0.15) is 32.1 Å². The van der Waals surface area contributed by atoms with Crippen molar-refractivity contribution < 1.29 is 14.3 Å². The molecule has 5 nitrogen and oxygen atoms in total. The molecule has 5 heteroatoms. The van der Waals surface area contributed by atoms with Gasteiger partial charge in [0.1, 0.15) is 0 Å². The zero-order valence-corrected chi connectivity index (χ0v) is 11.6. The Bertz CT molecular complexity index is 323. The summed E-state index contributed by atoms with van der Waals surface area (Å²) in [4.78, 5) is 16.5. The van der Waals surface area contributed by atoms with E-state index in [2.05, 4.69) is 4.90 Å². The number of amides is 1. The fourth-order valence-electron chi connectivity index (χ4n) is 3.37. The molecule has 0 aromatic carbocycles. The Labute approximate surface area is 114 Å². The van der Waals surface area contributed by atoms with E-state index in [4.69, 9.17) is 9.47 Å². The van der Waals surface area contributed by atoms with Gasteiger partial charge in [-0.15, -0.1) is 0 Å². The van der Waals surface area contributed by atoms with Gasteiger partial charge in [-0.25, -0.2) is 0 Å². The summed E-state index contributed by atoms with van der Waals surface area (Å²) < 4.78 is 11.5. The van der Waals surface area contributed by atoms with E-state index < -0.39 is 5.79 Å². The smallest absolute Gasteiger partial charge is 0.236 e. The first-order valence-corrected chi connectivity index (χ1v) is 7.56. The molecule has 3 rings (SSSR count). The Morgan fingerprint density at radius 1 is 1.00 bits per heavy atom. The zero-order chi connectivity index (χ0) is 13.1. The van der Waals surface area contributed by atoms with E-state index in [1.165, 1.54) is 6.42 Å². The Morgan fingerprint density at radius 2 is 1.74 bits per heavy atom. The van der Waals surface area contributed by atoms with Crippen molar-refractivity contribution in [3.05, 3.63) is 0 Å². The topological polar surface area (TPSA) is 42.0 Å². The molecule has 0 unspecified atom stereocenters. The molecule has 3 heterocycles. The largest absolute Gasteiger partial charge is 0.346 e. The molecule has 1 amide bonds. The van der Waals surface area contributed by atoms with Gasteiger partial charge in [-0.2, -0.15) is 0 Å². The van der Waals surface area contributed by atoms with E-state index in [0.29, 0.717) is 19.8 Å². The second kappa shape index (κ2) is 5.77. The predicted octanol–water partition coefficient (Wildman–Crippen LogP) is 0.838. The van der Waals surface area contributed by atoms with Crippen LogP contribution in [0, 0.1) is 0 Å². The molecule has 3 fully saturated rings. The maximum absolute atomic E-state index is 12.3. The number of carbonyl (C=O) groups is 1. The maximum atomic E-state index is 12.3. The molecular weight excluding hydrogens is 244 g/mol. The third-order valence-electron chi connectivity index (χ3n) is 4.38. The minimum absolute atomic E-state index is 0.273. The minimum Gasteiger partial charge on any atom is -0.346 e. The molecule has 0 bridgehead atoms. The van der Waals surface area contributed by atoms with E-state index >= 15 is 0 Å². The van der Waals surface area contributed by atoms with Gasteiger partial charge in [-0.05, 0) is 32.2 Å². The van der Waals surface area contributed by atoms with Gasteiger partial charge in [0.15, 0.2) is 5.79 Å². The number of rotatable bonds is 2. The van der Waals surface area contributed by atoms with E-state index in [1.54, 1.807) is 0 Å². The van der Waals surface area contributed by atoms with Crippen molar-refractivity contribution in [2.75, 3.05) is 45.9 Å². The van der Waals surface area contributed by atoms with Crippen LogP contribution in [0.3, 0.4) is 0 Å². The Morgan fingerprint density at radius 3 is 2.47 bits per heavy atom. The van der Waals surface area contributed by atoms with Crippen molar-refractivity contribution in [2.45, 2.75) is 37.9 Å². The Hall–Kier alpha value is -0.650. The molecule has 0 aromatic heterocycles. The lowest BCUT2D eigenvalue weighted by Gasteiger charge is -2.39. The quantitative estimate of drug-likeness (QED) is 0.744. The van der Waals surface area contributed by atoms with E-state index in [1.807, 2.05) is 4.90 Å². The lowest BCUT2D eigenvalue weighted by atomic mass is 10.0. The van der Waals surface area contributed by atoms with Gasteiger partial charge in [0, 0.05) is 19.5 Å². The molecular formula is C14H24N2O3. The van der Waals surface area contributed by atoms with Gasteiger partial charge in [0.05, 0.1) is 26.3 Å². The van der Waals surface area contributed by atoms with Crippen LogP contribution in [0.4, 0.5) is 0 Å². The Balaban J connectivity index is 1.52. The maximum Gasteiger partial charge on any atom is 0.236 e. The van der Waals surface area contributed by atoms with Crippen LogP contribution in [0.2, 0.25) is 0 Å². The SMILES string of the molecule is O=C(CN1CCCC2(C1)OCCO2)N1CCCCC1. The van der Waals surface area contributed by atoms with E-state index in [-0.39, 0.29) is 5.91 Å². The van der Waals surface area contributed by atoms with Crippen LogP contribution in [-0.2, 0) is 14.3 Å². The molecule has 0 radical (unpaired) electrons. The van der Waals surface area contributed by atoms with Crippen LogP contribution in [-0.4, -0.2) is 67.4 Å². The van der Waals surface area contributed by atoms with Gasteiger partial charge in [0.25, 0.3) is 0 Å². The lowest BCUT2D eigenvalue weighted by Crippen LogP contribution is -2.52. The third kappa shape index (κ3) is 3.09. The number of hydrogen-bond donors (Lipinski definition) is 0. The van der Waals surface area contributed by atoms with Crippen LogP contribution >= 0.6 is 0 Å². The van der Waals surface area contributed by atoms with Crippen LogP contribution in [0.15, 0.2) is 0 Å². The second-order valence-electron chi connectivity index (χ2n) is 5.86. The van der Waals surface area contributed by atoms with Crippen molar-refractivity contribution in [3.8, 4) is 0 Å². The summed E-state index contributed by atoms with van der Waals surface area (Å²) in [6.07, 6.45) is 5.58. The molecule has 3 saturated heterocycles. The molecule has 108 valence electrons. The monoisotopic (exact) mass is 268 g/mol. The van der Waals surface area contributed by atoms with Gasteiger partial charge < -0.3 is 14.4 Å². The number of piperidine rings is 2. The van der Waals surface area contributed by atoms with Crippen LogP contribution in [0.25, 0.3) is 0 Å². The van der Waals surface area contributed by atoms with Crippen molar-refractivity contribution >= 4 is 5.91 Å². The van der Waals surface area contributed by atoms with Crippen molar-refractivity contribution in [2.24, 2.45) is 0 Å². The zero-order valence-electron chi connectivity index (χ0n) is 11.6. The summed E-state index contributed by atoms with van der Waals surface area (Å²) in [5.74, 6) is -0.143. The Kier molecular flexibility index (Phi) is 4.05. The van der Waals surface area contributed by atoms with Gasteiger partial charge >= 0.3 is 0 Å². The molecule has 0 atom stereocenters. The molecule has 0 N–H and O–H groups in total. The number of likely N-dealkylation sites (tertiary alicyclic amines) is 2. The number of ether oxygens (including phenoxy) is 2. The molecule has 0 aromatic rings. The highest BCUT2D eigenvalue weighted by atomic mass is 16.7. The van der Waals surface area contributed by atoms with Crippen LogP contribution in [0.5, 0.6) is 0 Å². The normalized spacial score (nSPS) is 27.9. The number of carbonyl (C=O) groups excluding carboxylic acids is 1. The van der Waals surface area contributed by atoms with Gasteiger partial charge in [-0.1, -0.05) is 0 Å². The first kappa shape index (κ1) is 13.3. The van der Waals surface area contributed by atoms with E-state index in [9.17, 15) is 4.79 Å². The average molecular weight is 268 g/mol. The highest BCUT2D eigenvalue weighted by Gasteiger charge is 2.41. The van der Waals surface area contributed by atoms with Gasteiger partial charge in [-0.3, -0.25) is 9.69 Å². The van der Waals surface area contributed by atoms with Crippen LogP contribution < -0.4 is 0 Å². The number of hydrogen-bond acceptors (Lipinski definition) is 4. The first-order valence-electron chi connectivity index (χ1n) is 7.56. The summed E-state index contributed by atoms with van der Waals surface area (Å²) in [5.41, 5.74) is 0. The molecule has 0 aliphatic carbocycles. The molecule has 1 spiro atoms. The van der Waals surface area contributed by atoms with Crippen molar-refractivity contribution in [3.63, 3.8) is 0 Å². The molecule has 3 aliphatic heterocycles. The minimum atomic E-state index is -0.416. The predicted molar refractivity (Wildman–Crippen MR) is 70.7 cm³/mol. The second-order valence-corrected chi connectivity index (χ2v) is 5.86. The summed E-state index contributed by atoms with van der Waals surface area (Å²) in [5, 5.41) is 0. The van der Waals surface area contributed by atoms with Gasteiger partial charge in [0.2, 0.25) is 5.91 Å². The first-order chi connectivity index (χ1) is 9.27. The molecule has 0 saturated carbocycles. The fourth-order valence-corrected chi connectivity index (χ4v) is 3.37. The molecule has 19 heavy (non-hydrogen) atoms. The standard InChI is InChI=1S/C14H24N2O3/c17-13(16-7-2-1-3-8-16)11-15-6-4-5-14(12-15)18-9-10-19-14/h1-12H2. The summed E-state index contributed by atoms with van der Waals surface area (Å²) >= 11 is 0. The van der Waals surface area contributed by atoms with E-state index in [0.717, 1.165) is 51.9 Å². The molecule has 3 aliphatic rings. The summed E-state index contributed by atoms with van der Waals surface area (Å²) in [6, 6.07) is 0. The highest BCUT2D eigenvalue weighted by molar-refractivity contribution is 5.78. The number of nitrogens with zero attached hydrogens (tertiary/aromatic N) is 2. The summed E-state index contributed by atoms with van der Waals surface area (Å²) in [7, 11) is 0. The van der Waals surface area contributed by atoms with Crippen molar-refractivity contribution in [1.82, 2.24) is 9.80 Å². The average Bonchev–Trinajstić information content (AvgIpc) is 2.88. The third-order valence-corrected chi connectivity index (χ3v) is 4.38. The fraction of sp³-hybridized carbons (Fsp3) is 0.929. The lowest BCUT2D eigenvalue weighted by molar-refractivity contribution is -0.190. The van der Waals surface area contributed by atoms with Crippen molar-refractivity contribution in [1.29, 1.82) is 0 Å². The highest BCUT2D eigenvalue weighted by Crippen LogP contribution is 2.29.